The topological polar surface area (TPSA) is 66.4 Å². The lowest BCUT2D eigenvalue weighted by Gasteiger charge is -2.19. The molecule has 0 bridgehead atoms. The van der Waals surface area contributed by atoms with E-state index in [9.17, 15) is 22.3 Å². The molecule has 134 valence electrons. The van der Waals surface area contributed by atoms with Crippen molar-refractivity contribution < 1.29 is 22.3 Å². The van der Waals surface area contributed by atoms with Gasteiger partial charge in [-0.2, -0.15) is 0 Å². The fraction of sp³-hybridized carbons (Fsp3) is 0.333. The first-order valence-electron chi connectivity index (χ1n) is 8.09. The van der Waals surface area contributed by atoms with Crippen molar-refractivity contribution in [3.63, 3.8) is 0 Å². The fourth-order valence-electron chi connectivity index (χ4n) is 3.22. The SMILES string of the molecule is O=S(=O)(N[C@@H]1CCCC1CO)c1ccc(-c2ccc(F)cc2F)cc1. The molecule has 25 heavy (non-hydrogen) atoms. The number of rotatable bonds is 5. The van der Waals surface area contributed by atoms with Crippen molar-refractivity contribution in [3.8, 4) is 11.1 Å². The molecule has 0 spiro atoms. The van der Waals surface area contributed by atoms with Gasteiger partial charge in [-0.1, -0.05) is 18.6 Å². The van der Waals surface area contributed by atoms with E-state index in [1.165, 1.54) is 30.3 Å². The molecule has 0 radical (unpaired) electrons. The van der Waals surface area contributed by atoms with Crippen molar-refractivity contribution in [3.05, 3.63) is 54.1 Å². The minimum atomic E-state index is -3.72. The monoisotopic (exact) mass is 367 g/mol. The van der Waals surface area contributed by atoms with Crippen LogP contribution in [0.25, 0.3) is 11.1 Å². The number of nitrogens with one attached hydrogen (secondary N) is 1. The van der Waals surface area contributed by atoms with E-state index in [0.29, 0.717) is 12.0 Å². The number of hydrogen-bond donors (Lipinski definition) is 2. The summed E-state index contributed by atoms with van der Waals surface area (Å²) in [4.78, 5) is 0.0716. The van der Waals surface area contributed by atoms with E-state index >= 15 is 0 Å². The van der Waals surface area contributed by atoms with E-state index in [2.05, 4.69) is 4.72 Å². The number of hydrogen-bond acceptors (Lipinski definition) is 3. The van der Waals surface area contributed by atoms with Crippen LogP contribution in [0.5, 0.6) is 0 Å². The largest absolute Gasteiger partial charge is 0.396 e. The Hall–Kier alpha value is -1.83. The van der Waals surface area contributed by atoms with Crippen LogP contribution in [0, 0.1) is 17.6 Å². The van der Waals surface area contributed by atoms with Crippen molar-refractivity contribution >= 4 is 10.0 Å². The Morgan fingerprint density at radius 3 is 2.44 bits per heavy atom. The molecule has 1 aliphatic rings. The van der Waals surface area contributed by atoms with Gasteiger partial charge in [-0.25, -0.2) is 21.9 Å². The fourth-order valence-corrected chi connectivity index (χ4v) is 4.55. The maximum absolute atomic E-state index is 13.8. The third kappa shape index (κ3) is 3.89. The lowest BCUT2D eigenvalue weighted by molar-refractivity contribution is 0.213. The van der Waals surface area contributed by atoms with E-state index in [-0.39, 0.29) is 29.0 Å². The Morgan fingerprint density at radius 1 is 1.08 bits per heavy atom. The third-order valence-electron chi connectivity index (χ3n) is 4.61. The van der Waals surface area contributed by atoms with Crippen molar-refractivity contribution in [2.24, 2.45) is 5.92 Å². The number of benzene rings is 2. The molecule has 0 aliphatic heterocycles. The van der Waals surface area contributed by atoms with Crippen LogP contribution < -0.4 is 4.72 Å². The van der Waals surface area contributed by atoms with Crippen molar-refractivity contribution in [2.45, 2.75) is 30.2 Å². The maximum atomic E-state index is 13.8. The summed E-state index contributed by atoms with van der Waals surface area (Å²) < 4.78 is 54.4. The standard InChI is InChI=1S/C18H19F2NO3S/c19-14-6-9-16(17(20)10-14)12-4-7-15(8-5-12)25(23,24)21-18-3-1-2-13(18)11-22/h4-10,13,18,21-22H,1-3,11H2/t13?,18-/m1/s1. The van der Waals surface area contributed by atoms with Gasteiger partial charge in [-0.3, -0.25) is 0 Å². The zero-order valence-electron chi connectivity index (χ0n) is 13.5. The first-order chi connectivity index (χ1) is 11.9. The van der Waals surface area contributed by atoms with Crippen LogP contribution >= 0.6 is 0 Å². The van der Waals surface area contributed by atoms with Crippen molar-refractivity contribution in [1.82, 2.24) is 4.72 Å². The van der Waals surface area contributed by atoms with Crippen LogP contribution in [0.3, 0.4) is 0 Å². The molecule has 1 unspecified atom stereocenters. The van der Waals surface area contributed by atoms with Gasteiger partial charge >= 0.3 is 0 Å². The molecule has 2 aromatic rings. The van der Waals surface area contributed by atoms with E-state index in [0.717, 1.165) is 25.0 Å². The van der Waals surface area contributed by atoms with Gasteiger partial charge in [0, 0.05) is 24.3 Å². The van der Waals surface area contributed by atoms with Crippen molar-refractivity contribution in [2.75, 3.05) is 6.61 Å². The highest BCUT2D eigenvalue weighted by atomic mass is 32.2. The highest BCUT2D eigenvalue weighted by Gasteiger charge is 2.30. The average molecular weight is 367 g/mol. The van der Waals surface area contributed by atoms with E-state index in [1.54, 1.807) is 0 Å². The molecular formula is C18H19F2NO3S. The molecule has 3 rings (SSSR count). The van der Waals surface area contributed by atoms with Crippen LogP contribution in [-0.4, -0.2) is 26.2 Å². The molecule has 0 saturated heterocycles. The molecule has 7 heteroatoms. The van der Waals surface area contributed by atoms with Gasteiger partial charge in [0.25, 0.3) is 0 Å². The quantitative estimate of drug-likeness (QED) is 0.854. The van der Waals surface area contributed by atoms with E-state index in [4.69, 9.17) is 0 Å². The van der Waals surface area contributed by atoms with E-state index < -0.39 is 21.7 Å². The lowest BCUT2D eigenvalue weighted by Crippen LogP contribution is -2.38. The number of aliphatic hydroxyl groups is 1. The number of halogens is 2. The number of aliphatic hydroxyl groups excluding tert-OH is 1. The molecule has 0 amide bonds. The van der Waals surface area contributed by atoms with Gasteiger partial charge in [0.05, 0.1) is 4.90 Å². The average Bonchev–Trinajstić information content (AvgIpc) is 3.01. The highest BCUT2D eigenvalue weighted by Crippen LogP contribution is 2.28. The summed E-state index contributed by atoms with van der Waals surface area (Å²) in [5.74, 6) is -1.44. The second-order valence-corrected chi connectivity index (χ2v) is 7.96. The van der Waals surface area contributed by atoms with Crippen LogP contribution in [0.4, 0.5) is 8.78 Å². The second kappa shape index (κ2) is 7.19. The Morgan fingerprint density at radius 2 is 1.80 bits per heavy atom. The summed E-state index contributed by atoms with van der Waals surface area (Å²) in [7, 11) is -3.72. The lowest BCUT2D eigenvalue weighted by atomic mass is 10.1. The summed E-state index contributed by atoms with van der Waals surface area (Å²) >= 11 is 0. The smallest absolute Gasteiger partial charge is 0.240 e. The normalized spacial score (nSPS) is 20.8. The molecule has 2 N–H and O–H groups in total. The molecule has 0 aromatic heterocycles. The Balaban J connectivity index is 1.81. The van der Waals surface area contributed by atoms with Crippen molar-refractivity contribution in [1.29, 1.82) is 0 Å². The molecule has 2 aromatic carbocycles. The third-order valence-corrected chi connectivity index (χ3v) is 6.11. The van der Waals surface area contributed by atoms with Gasteiger partial charge in [-0.05, 0) is 48.6 Å². The van der Waals surface area contributed by atoms with Crippen LogP contribution in [0.2, 0.25) is 0 Å². The predicted molar refractivity (Wildman–Crippen MR) is 90.3 cm³/mol. The summed E-state index contributed by atoms with van der Waals surface area (Å²) in [6.45, 7) is -0.0457. The van der Waals surface area contributed by atoms with Crippen LogP contribution in [-0.2, 0) is 10.0 Å². The Labute approximate surface area is 145 Å². The molecule has 1 aliphatic carbocycles. The van der Waals surface area contributed by atoms with Crippen LogP contribution in [0.15, 0.2) is 47.4 Å². The van der Waals surface area contributed by atoms with E-state index in [1.807, 2.05) is 0 Å². The zero-order valence-corrected chi connectivity index (χ0v) is 14.3. The predicted octanol–water partition coefficient (Wildman–Crippen LogP) is 3.07. The minimum Gasteiger partial charge on any atom is -0.396 e. The maximum Gasteiger partial charge on any atom is 0.240 e. The molecule has 0 heterocycles. The van der Waals surface area contributed by atoms with Gasteiger partial charge in [0.1, 0.15) is 11.6 Å². The minimum absolute atomic E-state index is 0.0457. The molecule has 4 nitrogen and oxygen atoms in total. The summed E-state index contributed by atoms with van der Waals surface area (Å²) in [6, 6.07) is 8.75. The molecule has 1 saturated carbocycles. The first kappa shape index (κ1) is 18.0. The second-order valence-electron chi connectivity index (χ2n) is 6.25. The first-order valence-corrected chi connectivity index (χ1v) is 9.58. The van der Waals surface area contributed by atoms with Crippen LogP contribution in [0.1, 0.15) is 19.3 Å². The Bertz CT molecular complexity index is 853. The summed E-state index contributed by atoms with van der Waals surface area (Å²) in [5, 5.41) is 9.31. The molecular weight excluding hydrogens is 348 g/mol. The molecule has 2 atom stereocenters. The van der Waals surface area contributed by atoms with Gasteiger partial charge < -0.3 is 5.11 Å². The zero-order chi connectivity index (χ0) is 18.0. The summed E-state index contributed by atoms with van der Waals surface area (Å²) in [6.07, 6.45) is 2.37. The van der Waals surface area contributed by atoms with Gasteiger partial charge in [0.15, 0.2) is 0 Å². The molecule has 1 fully saturated rings. The Kier molecular flexibility index (Phi) is 5.17. The van der Waals surface area contributed by atoms with Gasteiger partial charge in [-0.15, -0.1) is 0 Å². The summed E-state index contributed by atoms with van der Waals surface area (Å²) in [5.41, 5.74) is 0.667. The van der Waals surface area contributed by atoms with Gasteiger partial charge in [0.2, 0.25) is 10.0 Å². The highest BCUT2D eigenvalue weighted by molar-refractivity contribution is 7.89. The number of sulfonamides is 1.